The van der Waals surface area contributed by atoms with Gasteiger partial charge < -0.3 is 16.0 Å². The minimum atomic E-state index is -1.34. The summed E-state index contributed by atoms with van der Waals surface area (Å²) in [5.41, 5.74) is 5.28. The number of halogens is 3. The second kappa shape index (κ2) is 9.52. The first kappa shape index (κ1) is 25.6. The van der Waals surface area contributed by atoms with E-state index in [1.165, 1.54) is 23.4 Å². The molecule has 1 aliphatic rings. The summed E-state index contributed by atoms with van der Waals surface area (Å²) in [6.07, 6.45) is 2.79. The predicted molar refractivity (Wildman–Crippen MR) is 128 cm³/mol. The van der Waals surface area contributed by atoms with E-state index in [-0.39, 0.29) is 23.6 Å². The molecule has 3 N–H and O–H groups in total. The Kier molecular flexibility index (Phi) is 6.59. The SMILES string of the molecule is CN1C(=O)N(c2ccc(Cc3cc(NCc4c(F)ccc(F)c4F)c(C(N)=O)cn3)nc2)C(=O)C1(C)C. The van der Waals surface area contributed by atoms with E-state index in [0.717, 1.165) is 11.0 Å². The second-order valence-corrected chi connectivity index (χ2v) is 8.99. The fourth-order valence-electron chi connectivity index (χ4n) is 3.81. The molecule has 0 saturated carbocycles. The lowest BCUT2D eigenvalue weighted by atomic mass is 10.1. The number of imide groups is 1. The molecule has 192 valence electrons. The average Bonchev–Trinajstić information content (AvgIpc) is 3.01. The van der Waals surface area contributed by atoms with Crippen LogP contribution >= 0.6 is 0 Å². The van der Waals surface area contributed by atoms with Crippen LogP contribution in [0.3, 0.4) is 0 Å². The molecule has 12 heteroatoms. The standard InChI is InChI=1S/C25H23F3N6O3/c1-25(2)23(36)34(24(37)33(25)3)15-5-4-13(30-10-15)8-14-9-20(17(12-31-14)22(29)35)32-11-16-18(26)6-7-19(27)21(16)28/h4-7,9-10,12H,8,11H2,1-3H3,(H2,29,35)(H,31,32). The topological polar surface area (TPSA) is 122 Å². The summed E-state index contributed by atoms with van der Waals surface area (Å²) < 4.78 is 41.6. The van der Waals surface area contributed by atoms with Crippen LogP contribution in [0.15, 0.2) is 42.7 Å². The van der Waals surface area contributed by atoms with Crippen LogP contribution in [0.5, 0.6) is 0 Å². The van der Waals surface area contributed by atoms with Gasteiger partial charge in [0.2, 0.25) is 0 Å². The Labute approximate surface area is 210 Å². The molecule has 3 aromatic rings. The van der Waals surface area contributed by atoms with E-state index in [1.54, 1.807) is 33.0 Å². The minimum Gasteiger partial charge on any atom is -0.380 e. The van der Waals surface area contributed by atoms with Gasteiger partial charge in [0.25, 0.3) is 11.8 Å². The van der Waals surface area contributed by atoms with Crippen LogP contribution in [0.4, 0.5) is 29.3 Å². The molecule has 1 fully saturated rings. The van der Waals surface area contributed by atoms with Crippen molar-refractivity contribution < 1.29 is 27.6 Å². The van der Waals surface area contributed by atoms with Gasteiger partial charge in [-0.1, -0.05) is 0 Å². The molecule has 3 heterocycles. The number of primary amides is 1. The predicted octanol–water partition coefficient (Wildman–Crippen LogP) is 3.37. The number of anilines is 2. The van der Waals surface area contributed by atoms with E-state index >= 15 is 0 Å². The zero-order chi connectivity index (χ0) is 27.1. The number of nitrogens with zero attached hydrogens (tertiary/aromatic N) is 4. The van der Waals surface area contributed by atoms with Gasteiger partial charge in [0.1, 0.15) is 11.4 Å². The number of benzene rings is 1. The molecule has 0 atom stereocenters. The van der Waals surface area contributed by atoms with E-state index in [2.05, 4.69) is 15.3 Å². The number of rotatable bonds is 7. The number of likely N-dealkylation sites (N-methyl/N-ethyl adjacent to an activating group) is 1. The van der Waals surface area contributed by atoms with Gasteiger partial charge in [-0.15, -0.1) is 0 Å². The van der Waals surface area contributed by atoms with Gasteiger partial charge in [0, 0.05) is 43.2 Å². The number of nitrogens with two attached hydrogens (primary N) is 1. The third kappa shape index (κ3) is 4.69. The minimum absolute atomic E-state index is 0.0259. The van der Waals surface area contributed by atoms with Crippen LogP contribution in [-0.2, 0) is 17.8 Å². The third-order valence-corrected chi connectivity index (χ3v) is 6.29. The summed E-state index contributed by atoms with van der Waals surface area (Å²) >= 11 is 0. The van der Waals surface area contributed by atoms with Crippen LogP contribution in [0.25, 0.3) is 0 Å². The lowest BCUT2D eigenvalue weighted by molar-refractivity contribution is -0.123. The zero-order valence-electron chi connectivity index (χ0n) is 20.2. The molecule has 4 rings (SSSR count). The molecular formula is C25H23F3N6O3. The van der Waals surface area contributed by atoms with Gasteiger partial charge in [0.05, 0.1) is 23.1 Å². The van der Waals surface area contributed by atoms with Crippen LogP contribution in [-0.4, -0.2) is 45.3 Å². The number of nitrogens with one attached hydrogen (secondary N) is 1. The maximum absolute atomic E-state index is 14.0. The van der Waals surface area contributed by atoms with Crippen LogP contribution in [0.1, 0.15) is 41.2 Å². The first-order chi connectivity index (χ1) is 17.4. The van der Waals surface area contributed by atoms with Crippen molar-refractivity contribution in [2.24, 2.45) is 5.73 Å². The molecule has 0 radical (unpaired) electrons. The fraction of sp³-hybridized carbons (Fsp3) is 0.240. The Balaban J connectivity index is 1.55. The molecule has 2 aromatic heterocycles. The smallest absolute Gasteiger partial charge is 0.332 e. The largest absolute Gasteiger partial charge is 0.380 e. The molecule has 1 aromatic carbocycles. The fourth-order valence-corrected chi connectivity index (χ4v) is 3.81. The number of amides is 4. The van der Waals surface area contributed by atoms with Crippen molar-refractivity contribution in [2.45, 2.75) is 32.4 Å². The van der Waals surface area contributed by atoms with Gasteiger partial charge >= 0.3 is 6.03 Å². The Bertz CT molecular complexity index is 1410. The van der Waals surface area contributed by atoms with Crippen molar-refractivity contribution in [2.75, 3.05) is 17.3 Å². The highest BCUT2D eigenvalue weighted by molar-refractivity contribution is 6.22. The van der Waals surface area contributed by atoms with Crippen molar-refractivity contribution in [1.82, 2.24) is 14.9 Å². The summed E-state index contributed by atoms with van der Waals surface area (Å²) in [7, 11) is 1.55. The number of carbonyl (C=O) groups excluding carboxylic acids is 3. The van der Waals surface area contributed by atoms with Crippen LogP contribution in [0, 0.1) is 17.5 Å². The van der Waals surface area contributed by atoms with Gasteiger partial charge in [0.15, 0.2) is 11.6 Å². The quantitative estimate of drug-likeness (QED) is 0.370. The van der Waals surface area contributed by atoms with Crippen LogP contribution < -0.4 is 16.0 Å². The van der Waals surface area contributed by atoms with E-state index in [9.17, 15) is 27.6 Å². The van der Waals surface area contributed by atoms with Crippen molar-refractivity contribution in [3.05, 3.63) is 82.7 Å². The Morgan fingerprint density at radius 1 is 1.03 bits per heavy atom. The molecule has 37 heavy (non-hydrogen) atoms. The Hall–Kier alpha value is -4.48. The van der Waals surface area contributed by atoms with E-state index in [4.69, 9.17) is 5.73 Å². The first-order valence-electron chi connectivity index (χ1n) is 11.1. The number of pyridine rings is 2. The molecule has 4 amide bonds. The van der Waals surface area contributed by atoms with Gasteiger partial charge in [-0.2, -0.15) is 0 Å². The summed E-state index contributed by atoms with van der Waals surface area (Å²) in [6.45, 7) is 2.85. The van der Waals surface area contributed by atoms with E-state index < -0.39 is 47.0 Å². The number of hydrogen-bond donors (Lipinski definition) is 2. The Morgan fingerprint density at radius 3 is 2.30 bits per heavy atom. The zero-order valence-corrected chi connectivity index (χ0v) is 20.2. The number of urea groups is 1. The van der Waals surface area contributed by atoms with Gasteiger partial charge in [-0.3, -0.25) is 19.6 Å². The molecule has 1 saturated heterocycles. The highest BCUT2D eigenvalue weighted by Gasteiger charge is 2.50. The normalized spacial score (nSPS) is 14.9. The Morgan fingerprint density at radius 2 is 1.70 bits per heavy atom. The lowest BCUT2D eigenvalue weighted by Gasteiger charge is -2.22. The molecule has 9 nitrogen and oxygen atoms in total. The number of hydrogen-bond acceptors (Lipinski definition) is 6. The van der Waals surface area contributed by atoms with Crippen molar-refractivity contribution >= 4 is 29.2 Å². The third-order valence-electron chi connectivity index (χ3n) is 6.29. The average molecular weight is 512 g/mol. The van der Waals surface area contributed by atoms with Crippen LogP contribution in [0.2, 0.25) is 0 Å². The van der Waals surface area contributed by atoms with Crippen molar-refractivity contribution in [3.63, 3.8) is 0 Å². The maximum atomic E-state index is 14.0. The molecule has 0 bridgehead atoms. The molecule has 1 aliphatic heterocycles. The summed E-state index contributed by atoms with van der Waals surface area (Å²) in [4.78, 5) is 48.0. The molecule has 0 unspecified atom stereocenters. The molecular weight excluding hydrogens is 489 g/mol. The monoisotopic (exact) mass is 512 g/mol. The lowest BCUT2D eigenvalue weighted by Crippen LogP contribution is -2.41. The van der Waals surface area contributed by atoms with Gasteiger partial charge in [-0.05, 0) is 44.2 Å². The molecule has 0 aliphatic carbocycles. The summed E-state index contributed by atoms with van der Waals surface area (Å²) in [5.74, 6) is -4.69. The summed E-state index contributed by atoms with van der Waals surface area (Å²) in [5, 5.41) is 2.72. The van der Waals surface area contributed by atoms with Gasteiger partial charge in [-0.25, -0.2) is 22.9 Å². The van der Waals surface area contributed by atoms with Crippen molar-refractivity contribution in [1.29, 1.82) is 0 Å². The number of aromatic nitrogens is 2. The molecule has 0 spiro atoms. The van der Waals surface area contributed by atoms with Crippen molar-refractivity contribution in [3.8, 4) is 0 Å². The summed E-state index contributed by atoms with van der Waals surface area (Å²) in [6, 6.07) is 5.70. The van der Waals surface area contributed by atoms with E-state index in [0.29, 0.717) is 23.1 Å². The highest BCUT2D eigenvalue weighted by atomic mass is 19.2. The first-order valence-corrected chi connectivity index (χ1v) is 11.1. The number of carbonyl (C=O) groups is 3. The highest BCUT2D eigenvalue weighted by Crippen LogP contribution is 2.30. The van der Waals surface area contributed by atoms with E-state index in [1.807, 2.05) is 0 Å². The maximum Gasteiger partial charge on any atom is 0.332 e. The second-order valence-electron chi connectivity index (χ2n) is 8.99.